The summed E-state index contributed by atoms with van der Waals surface area (Å²) < 4.78 is 18.4. The Kier molecular flexibility index (Phi) is 4.94. The lowest BCUT2D eigenvalue weighted by atomic mass is 9.95. The van der Waals surface area contributed by atoms with Gasteiger partial charge in [-0.25, -0.2) is 4.39 Å². The molecule has 0 amide bonds. The van der Waals surface area contributed by atoms with Crippen molar-refractivity contribution in [1.29, 1.82) is 0 Å². The van der Waals surface area contributed by atoms with Crippen molar-refractivity contribution in [1.82, 2.24) is 5.43 Å². The van der Waals surface area contributed by atoms with Crippen LogP contribution in [0.2, 0.25) is 0 Å². The van der Waals surface area contributed by atoms with Crippen LogP contribution in [0.3, 0.4) is 0 Å². The van der Waals surface area contributed by atoms with Gasteiger partial charge in [0.25, 0.3) is 0 Å². The number of methoxy groups -OCH3 is 1. The van der Waals surface area contributed by atoms with E-state index in [-0.39, 0.29) is 11.9 Å². The van der Waals surface area contributed by atoms with Crippen molar-refractivity contribution in [3.8, 4) is 5.75 Å². The van der Waals surface area contributed by atoms with E-state index in [9.17, 15) is 4.39 Å². The molecule has 0 bridgehead atoms. The Morgan fingerprint density at radius 2 is 1.90 bits per heavy atom. The van der Waals surface area contributed by atoms with E-state index in [2.05, 4.69) is 11.5 Å². The molecule has 4 heteroatoms. The van der Waals surface area contributed by atoms with E-state index in [1.807, 2.05) is 32.0 Å². The van der Waals surface area contributed by atoms with Gasteiger partial charge in [0.1, 0.15) is 11.6 Å². The molecule has 0 aliphatic rings. The van der Waals surface area contributed by atoms with Crippen molar-refractivity contribution < 1.29 is 9.13 Å². The first-order valence-electron chi connectivity index (χ1n) is 6.91. The fourth-order valence-corrected chi connectivity index (χ4v) is 2.50. The highest BCUT2D eigenvalue weighted by Gasteiger charge is 2.13. The summed E-state index contributed by atoms with van der Waals surface area (Å²) in [5.41, 5.74) is 6.99. The lowest BCUT2D eigenvalue weighted by molar-refractivity contribution is 0.411. The summed E-state index contributed by atoms with van der Waals surface area (Å²) >= 11 is 0. The van der Waals surface area contributed by atoms with Crippen LogP contribution in [0.4, 0.5) is 4.39 Å². The Hall–Kier alpha value is -1.91. The normalized spacial score (nSPS) is 12.2. The first kappa shape index (κ1) is 15.5. The number of hydrazine groups is 1. The lowest BCUT2D eigenvalue weighted by Crippen LogP contribution is -2.29. The van der Waals surface area contributed by atoms with Crippen LogP contribution in [0, 0.1) is 19.7 Å². The van der Waals surface area contributed by atoms with E-state index in [0.29, 0.717) is 6.42 Å². The van der Waals surface area contributed by atoms with Crippen molar-refractivity contribution in [2.45, 2.75) is 26.3 Å². The van der Waals surface area contributed by atoms with Gasteiger partial charge in [0.05, 0.1) is 13.2 Å². The summed E-state index contributed by atoms with van der Waals surface area (Å²) in [7, 11) is 1.66. The third-order valence-corrected chi connectivity index (χ3v) is 3.75. The fraction of sp³-hybridized carbons (Fsp3) is 0.294. The number of nitrogens with one attached hydrogen (secondary N) is 1. The van der Waals surface area contributed by atoms with Gasteiger partial charge in [-0.3, -0.25) is 11.3 Å². The molecule has 112 valence electrons. The van der Waals surface area contributed by atoms with Gasteiger partial charge in [-0.2, -0.15) is 0 Å². The quantitative estimate of drug-likeness (QED) is 0.656. The number of rotatable bonds is 5. The molecule has 0 aromatic heterocycles. The summed E-state index contributed by atoms with van der Waals surface area (Å²) in [5.74, 6) is 6.34. The molecule has 2 rings (SSSR count). The minimum absolute atomic E-state index is 0.0289. The maximum Gasteiger partial charge on any atom is 0.123 e. The number of benzene rings is 2. The minimum atomic E-state index is -0.214. The Balaban J connectivity index is 2.25. The van der Waals surface area contributed by atoms with Gasteiger partial charge >= 0.3 is 0 Å². The number of hydrogen-bond donors (Lipinski definition) is 2. The molecule has 1 unspecified atom stereocenters. The Morgan fingerprint density at radius 3 is 2.48 bits per heavy atom. The van der Waals surface area contributed by atoms with E-state index in [1.165, 1.54) is 6.07 Å². The second-order valence-electron chi connectivity index (χ2n) is 5.22. The van der Waals surface area contributed by atoms with Crippen LogP contribution in [0.1, 0.15) is 28.3 Å². The van der Waals surface area contributed by atoms with E-state index >= 15 is 0 Å². The molecule has 3 N–H and O–H groups in total. The summed E-state index contributed by atoms with van der Waals surface area (Å²) in [6.45, 7) is 3.91. The summed E-state index contributed by atoms with van der Waals surface area (Å²) in [6, 6.07) is 10.8. The molecule has 0 aliphatic heterocycles. The lowest BCUT2D eigenvalue weighted by Gasteiger charge is -2.19. The van der Waals surface area contributed by atoms with Gasteiger partial charge in [0, 0.05) is 0 Å². The first-order chi connectivity index (χ1) is 10.0. The Morgan fingerprint density at radius 1 is 1.14 bits per heavy atom. The number of aryl methyl sites for hydroxylation is 2. The predicted octanol–water partition coefficient (Wildman–Crippen LogP) is 3.20. The van der Waals surface area contributed by atoms with Gasteiger partial charge in [-0.1, -0.05) is 18.2 Å². The minimum Gasteiger partial charge on any atom is -0.496 e. The number of halogens is 1. The van der Waals surface area contributed by atoms with E-state index in [4.69, 9.17) is 10.6 Å². The molecule has 0 radical (unpaired) electrons. The second kappa shape index (κ2) is 6.70. The van der Waals surface area contributed by atoms with Crippen molar-refractivity contribution >= 4 is 0 Å². The van der Waals surface area contributed by atoms with Crippen LogP contribution in [-0.2, 0) is 6.42 Å². The molecule has 1 atom stereocenters. The van der Waals surface area contributed by atoms with Crippen LogP contribution in [0.25, 0.3) is 0 Å². The summed E-state index contributed by atoms with van der Waals surface area (Å²) in [5, 5.41) is 0. The highest BCUT2D eigenvalue weighted by molar-refractivity contribution is 5.38. The predicted molar refractivity (Wildman–Crippen MR) is 82.6 cm³/mol. The van der Waals surface area contributed by atoms with Crippen LogP contribution >= 0.6 is 0 Å². The molecule has 0 saturated carbocycles. The van der Waals surface area contributed by atoms with Crippen LogP contribution in [-0.4, -0.2) is 7.11 Å². The van der Waals surface area contributed by atoms with Crippen molar-refractivity contribution in [2.24, 2.45) is 5.84 Å². The number of ether oxygens (including phenoxy) is 1. The maximum atomic E-state index is 13.2. The second-order valence-corrected chi connectivity index (χ2v) is 5.22. The Labute approximate surface area is 124 Å². The van der Waals surface area contributed by atoms with Gasteiger partial charge in [0.15, 0.2) is 0 Å². The zero-order valence-corrected chi connectivity index (χ0v) is 12.6. The smallest absolute Gasteiger partial charge is 0.123 e. The standard InChI is InChI=1S/C17H21FN2O/c1-11-9-15(18)6-4-13(11)10-16(20-19)14-5-7-17(21-3)12(2)8-14/h4-9,16,20H,10,19H2,1-3H3. The van der Waals surface area contributed by atoms with Gasteiger partial charge in [0.2, 0.25) is 0 Å². The van der Waals surface area contributed by atoms with Crippen LogP contribution in [0.5, 0.6) is 5.75 Å². The van der Waals surface area contributed by atoms with Gasteiger partial charge < -0.3 is 4.74 Å². The van der Waals surface area contributed by atoms with Crippen molar-refractivity contribution in [2.75, 3.05) is 7.11 Å². The molecule has 0 heterocycles. The topological polar surface area (TPSA) is 47.3 Å². The largest absolute Gasteiger partial charge is 0.496 e. The number of nitrogens with two attached hydrogens (primary N) is 1. The van der Waals surface area contributed by atoms with Crippen LogP contribution in [0.15, 0.2) is 36.4 Å². The van der Waals surface area contributed by atoms with E-state index < -0.39 is 0 Å². The molecule has 2 aromatic rings. The van der Waals surface area contributed by atoms with Gasteiger partial charge in [-0.15, -0.1) is 0 Å². The molecule has 21 heavy (non-hydrogen) atoms. The maximum absolute atomic E-state index is 13.2. The van der Waals surface area contributed by atoms with E-state index in [0.717, 1.165) is 28.0 Å². The average Bonchev–Trinajstić information content (AvgIpc) is 2.46. The van der Waals surface area contributed by atoms with E-state index in [1.54, 1.807) is 13.2 Å². The van der Waals surface area contributed by atoms with Crippen molar-refractivity contribution in [3.05, 3.63) is 64.5 Å². The first-order valence-corrected chi connectivity index (χ1v) is 6.91. The molecule has 0 saturated heterocycles. The average molecular weight is 288 g/mol. The van der Waals surface area contributed by atoms with Crippen molar-refractivity contribution in [3.63, 3.8) is 0 Å². The summed E-state index contributed by atoms with van der Waals surface area (Å²) in [4.78, 5) is 0. The monoisotopic (exact) mass is 288 g/mol. The summed E-state index contributed by atoms with van der Waals surface area (Å²) in [6.07, 6.45) is 0.703. The highest BCUT2D eigenvalue weighted by atomic mass is 19.1. The fourth-order valence-electron chi connectivity index (χ4n) is 2.50. The molecule has 0 spiro atoms. The Bertz CT molecular complexity index is 628. The molecular weight excluding hydrogens is 267 g/mol. The molecular formula is C17H21FN2O. The third kappa shape index (κ3) is 3.60. The van der Waals surface area contributed by atoms with Crippen LogP contribution < -0.4 is 16.0 Å². The van der Waals surface area contributed by atoms with Gasteiger partial charge in [-0.05, 0) is 60.7 Å². The number of hydrogen-bond acceptors (Lipinski definition) is 3. The zero-order chi connectivity index (χ0) is 15.4. The third-order valence-electron chi connectivity index (χ3n) is 3.75. The SMILES string of the molecule is COc1ccc(C(Cc2ccc(F)cc2C)NN)cc1C. The zero-order valence-electron chi connectivity index (χ0n) is 12.6. The molecule has 3 nitrogen and oxygen atoms in total. The molecule has 0 aliphatic carbocycles. The highest BCUT2D eigenvalue weighted by Crippen LogP contribution is 2.25. The molecule has 2 aromatic carbocycles. The molecule has 0 fully saturated rings.